The zero-order chi connectivity index (χ0) is 26.3. The van der Waals surface area contributed by atoms with E-state index in [-0.39, 0.29) is 25.7 Å². The lowest BCUT2D eigenvalue weighted by molar-refractivity contribution is -0.142. The number of carbonyl (C=O) groups excluding carboxylic acids is 4. The van der Waals surface area contributed by atoms with Gasteiger partial charge in [-0.05, 0) is 38.6 Å². The Bertz CT molecular complexity index is 733. The van der Waals surface area contributed by atoms with E-state index in [1.807, 2.05) is 0 Å². The maximum atomic E-state index is 12.6. The molecule has 0 aliphatic carbocycles. The smallest absolute Gasteiger partial charge is 0.326 e. The van der Waals surface area contributed by atoms with Crippen LogP contribution in [0.25, 0.3) is 0 Å². The summed E-state index contributed by atoms with van der Waals surface area (Å²) in [4.78, 5) is 70.4. The maximum Gasteiger partial charge on any atom is 0.326 e. The summed E-state index contributed by atoms with van der Waals surface area (Å²) in [6.07, 6.45) is -0.161. The highest BCUT2D eigenvalue weighted by Gasteiger charge is 2.30. The van der Waals surface area contributed by atoms with Gasteiger partial charge in [-0.3, -0.25) is 24.0 Å². The molecular formula is C19H34N6O9. The molecule has 0 fully saturated rings. The molecule has 0 aromatic carbocycles. The SMILES string of the molecule is NCCCCC(NC(=O)C(CCC(N)=O)NC(=O)C(CO)NC(=O)C(N)CCC(=O)O)C(=O)O. The molecule has 34 heavy (non-hydrogen) atoms. The van der Waals surface area contributed by atoms with Crippen molar-refractivity contribution in [3.8, 4) is 0 Å². The minimum Gasteiger partial charge on any atom is -0.481 e. The van der Waals surface area contributed by atoms with Crippen molar-refractivity contribution in [3.63, 3.8) is 0 Å². The van der Waals surface area contributed by atoms with Crippen LogP contribution in [0.4, 0.5) is 0 Å². The predicted octanol–water partition coefficient (Wildman–Crippen LogP) is -3.90. The molecule has 12 N–H and O–H groups in total. The van der Waals surface area contributed by atoms with Crippen molar-refractivity contribution in [3.05, 3.63) is 0 Å². The molecule has 0 heterocycles. The fraction of sp³-hybridized carbons (Fsp3) is 0.684. The quantitative estimate of drug-likeness (QED) is 0.0837. The second kappa shape index (κ2) is 16.3. The van der Waals surface area contributed by atoms with Gasteiger partial charge in [-0.1, -0.05) is 0 Å². The second-order valence-electron chi connectivity index (χ2n) is 7.53. The average Bonchev–Trinajstić information content (AvgIpc) is 2.76. The molecule has 0 radical (unpaired) electrons. The first kappa shape index (κ1) is 30.7. The fourth-order valence-electron chi connectivity index (χ4n) is 2.73. The Labute approximate surface area is 195 Å². The van der Waals surface area contributed by atoms with Gasteiger partial charge in [0.05, 0.1) is 12.6 Å². The van der Waals surface area contributed by atoms with Crippen molar-refractivity contribution >= 4 is 35.6 Å². The van der Waals surface area contributed by atoms with E-state index in [0.29, 0.717) is 19.4 Å². The van der Waals surface area contributed by atoms with E-state index in [4.69, 9.17) is 22.3 Å². The molecule has 4 unspecified atom stereocenters. The molecular weight excluding hydrogens is 456 g/mol. The molecule has 194 valence electrons. The van der Waals surface area contributed by atoms with Gasteiger partial charge in [-0.25, -0.2) is 4.79 Å². The number of primary amides is 1. The summed E-state index contributed by atoms with van der Waals surface area (Å²) in [6, 6.07) is -5.49. The Hall–Kier alpha value is -3.30. The lowest BCUT2D eigenvalue weighted by atomic mass is 10.1. The first-order valence-corrected chi connectivity index (χ1v) is 10.6. The third kappa shape index (κ3) is 12.7. The fourth-order valence-corrected chi connectivity index (χ4v) is 2.73. The van der Waals surface area contributed by atoms with E-state index in [1.165, 1.54) is 0 Å². The summed E-state index contributed by atoms with van der Waals surface area (Å²) in [5.41, 5.74) is 16.0. The number of carboxylic acids is 2. The zero-order valence-electron chi connectivity index (χ0n) is 18.7. The van der Waals surface area contributed by atoms with Crippen LogP contribution in [0.1, 0.15) is 44.9 Å². The number of nitrogens with one attached hydrogen (secondary N) is 3. The standard InChI is InChI=1S/C19H34N6O9/c20-8-2-1-3-12(19(33)34)24-17(31)11(5-6-14(22)27)23-18(32)13(9-26)25-16(30)10(21)4-7-15(28)29/h10-13,26H,1-9,20-21H2,(H2,22,27)(H,23,32)(H,24,31)(H,25,30)(H,28,29)(H,33,34). The third-order valence-electron chi connectivity index (χ3n) is 4.70. The van der Waals surface area contributed by atoms with Crippen molar-refractivity contribution in [2.45, 2.75) is 69.1 Å². The Kier molecular flexibility index (Phi) is 14.7. The van der Waals surface area contributed by atoms with Crippen LogP contribution in [0.5, 0.6) is 0 Å². The van der Waals surface area contributed by atoms with Crippen molar-refractivity contribution in [1.82, 2.24) is 16.0 Å². The molecule has 0 saturated heterocycles. The molecule has 4 amide bonds. The topological polar surface area (TPSA) is 277 Å². The molecule has 0 bridgehead atoms. The number of carboxylic acid groups (broad SMARTS) is 2. The molecule has 4 atom stereocenters. The largest absolute Gasteiger partial charge is 0.481 e. The molecule has 0 aromatic heterocycles. The highest BCUT2D eigenvalue weighted by Crippen LogP contribution is 2.05. The van der Waals surface area contributed by atoms with Gasteiger partial charge in [0.2, 0.25) is 23.6 Å². The van der Waals surface area contributed by atoms with Crippen LogP contribution in [0.2, 0.25) is 0 Å². The van der Waals surface area contributed by atoms with Gasteiger partial charge in [-0.15, -0.1) is 0 Å². The van der Waals surface area contributed by atoms with Crippen LogP contribution >= 0.6 is 0 Å². The monoisotopic (exact) mass is 490 g/mol. The summed E-state index contributed by atoms with van der Waals surface area (Å²) in [7, 11) is 0. The third-order valence-corrected chi connectivity index (χ3v) is 4.70. The molecule has 0 aliphatic rings. The van der Waals surface area contributed by atoms with Crippen LogP contribution in [0.15, 0.2) is 0 Å². The van der Waals surface area contributed by atoms with Crippen LogP contribution in [-0.4, -0.2) is 88.2 Å². The van der Waals surface area contributed by atoms with Gasteiger partial charge in [-0.2, -0.15) is 0 Å². The van der Waals surface area contributed by atoms with E-state index in [0.717, 1.165) is 0 Å². The minimum atomic E-state index is -1.55. The van der Waals surface area contributed by atoms with Crippen LogP contribution in [0.3, 0.4) is 0 Å². The number of aliphatic hydroxyl groups is 1. The van der Waals surface area contributed by atoms with Crippen molar-refractivity contribution in [2.75, 3.05) is 13.2 Å². The van der Waals surface area contributed by atoms with Gasteiger partial charge >= 0.3 is 11.9 Å². The Morgan fingerprint density at radius 3 is 1.79 bits per heavy atom. The lowest BCUT2D eigenvalue weighted by Gasteiger charge is -2.24. The van der Waals surface area contributed by atoms with E-state index >= 15 is 0 Å². The number of aliphatic hydroxyl groups excluding tert-OH is 1. The van der Waals surface area contributed by atoms with Crippen LogP contribution in [0, 0.1) is 0 Å². The first-order chi connectivity index (χ1) is 15.9. The number of rotatable bonds is 18. The lowest BCUT2D eigenvalue weighted by Crippen LogP contribution is -2.58. The van der Waals surface area contributed by atoms with E-state index < -0.39 is 72.8 Å². The number of nitrogens with two attached hydrogens (primary N) is 3. The normalized spacial score (nSPS) is 14.2. The summed E-state index contributed by atoms with van der Waals surface area (Å²) in [6.45, 7) is -0.546. The Morgan fingerprint density at radius 1 is 0.735 bits per heavy atom. The van der Waals surface area contributed by atoms with Gasteiger partial charge in [0.15, 0.2) is 0 Å². The molecule has 0 spiro atoms. The molecule has 0 aliphatic heterocycles. The number of aliphatic carboxylic acids is 2. The van der Waals surface area contributed by atoms with E-state index in [9.17, 15) is 39.0 Å². The van der Waals surface area contributed by atoms with E-state index in [1.54, 1.807) is 0 Å². The maximum absolute atomic E-state index is 12.6. The number of carbonyl (C=O) groups is 6. The van der Waals surface area contributed by atoms with Crippen LogP contribution in [-0.2, 0) is 28.8 Å². The number of amides is 4. The summed E-state index contributed by atoms with van der Waals surface area (Å²) in [5, 5.41) is 34.1. The average molecular weight is 491 g/mol. The zero-order valence-corrected chi connectivity index (χ0v) is 18.7. The van der Waals surface area contributed by atoms with Crippen molar-refractivity contribution in [2.24, 2.45) is 17.2 Å². The molecule has 0 rings (SSSR count). The van der Waals surface area contributed by atoms with E-state index in [2.05, 4.69) is 16.0 Å². The second-order valence-corrected chi connectivity index (χ2v) is 7.53. The summed E-state index contributed by atoms with van der Waals surface area (Å²) < 4.78 is 0. The van der Waals surface area contributed by atoms with Gasteiger partial charge < -0.3 is 48.5 Å². The number of unbranched alkanes of at least 4 members (excludes halogenated alkanes) is 1. The minimum absolute atomic E-state index is 0.0817. The van der Waals surface area contributed by atoms with Gasteiger partial charge in [0.25, 0.3) is 0 Å². The highest BCUT2D eigenvalue weighted by atomic mass is 16.4. The highest BCUT2D eigenvalue weighted by molar-refractivity contribution is 5.94. The van der Waals surface area contributed by atoms with Crippen molar-refractivity contribution < 1.29 is 44.1 Å². The molecule has 15 heteroatoms. The summed E-state index contributed by atoms with van der Waals surface area (Å²) in [5.74, 6) is -6.08. The van der Waals surface area contributed by atoms with Gasteiger partial charge in [0, 0.05) is 12.8 Å². The Balaban J connectivity index is 5.27. The van der Waals surface area contributed by atoms with Crippen molar-refractivity contribution in [1.29, 1.82) is 0 Å². The number of hydrogen-bond donors (Lipinski definition) is 9. The van der Waals surface area contributed by atoms with Gasteiger partial charge in [0.1, 0.15) is 18.1 Å². The molecule has 15 nitrogen and oxygen atoms in total. The Morgan fingerprint density at radius 2 is 1.29 bits per heavy atom. The molecule has 0 saturated carbocycles. The molecule has 0 aromatic rings. The van der Waals surface area contributed by atoms with Crippen LogP contribution < -0.4 is 33.2 Å². The number of hydrogen-bond acceptors (Lipinski definition) is 9. The first-order valence-electron chi connectivity index (χ1n) is 10.6. The summed E-state index contributed by atoms with van der Waals surface area (Å²) >= 11 is 0. The predicted molar refractivity (Wildman–Crippen MR) is 117 cm³/mol.